The van der Waals surface area contributed by atoms with Crippen molar-refractivity contribution in [2.45, 2.75) is 13.0 Å². The molecule has 2 aromatic heterocycles. The summed E-state index contributed by atoms with van der Waals surface area (Å²) < 4.78 is 1.93. The molecule has 31 heavy (non-hydrogen) atoms. The molecule has 0 fully saturated rings. The lowest BCUT2D eigenvalue weighted by atomic mass is 9.97. The van der Waals surface area contributed by atoms with E-state index >= 15 is 0 Å². The second-order valence-corrected chi connectivity index (χ2v) is 8.03. The van der Waals surface area contributed by atoms with Gasteiger partial charge in [0.2, 0.25) is 0 Å². The number of nitrogens with one attached hydrogen (secondary N) is 2. The van der Waals surface area contributed by atoms with E-state index in [-0.39, 0.29) is 0 Å². The number of aromatic amines is 1. The van der Waals surface area contributed by atoms with Crippen molar-refractivity contribution in [3.8, 4) is 0 Å². The summed E-state index contributed by atoms with van der Waals surface area (Å²) in [6.45, 7) is 1.66. The molecule has 2 aromatic carbocycles. The maximum atomic E-state index is 12.9. The van der Waals surface area contributed by atoms with Gasteiger partial charge in [-0.25, -0.2) is 0 Å². The lowest BCUT2D eigenvalue weighted by Gasteiger charge is -2.09. The number of imide groups is 1. The number of benzene rings is 2. The van der Waals surface area contributed by atoms with Crippen LogP contribution in [-0.2, 0) is 16.1 Å². The average molecular weight is 413 g/mol. The summed E-state index contributed by atoms with van der Waals surface area (Å²) in [7, 11) is 4.08. The summed E-state index contributed by atoms with van der Waals surface area (Å²) in [5.74, 6) is -0.801. The molecular weight excluding hydrogens is 390 g/mol. The number of H-pyrrole nitrogens is 1. The SMILES string of the molecule is CN(C)CCCn1nc(C2=C(c3c[nH]c4ccccc34)C(=O)NC2=O)c2ccccc21. The molecular formula is C24H23N5O2. The van der Waals surface area contributed by atoms with Crippen LogP contribution in [0.15, 0.2) is 54.7 Å². The molecule has 156 valence electrons. The highest BCUT2D eigenvalue weighted by Gasteiger charge is 2.35. The first-order valence-corrected chi connectivity index (χ1v) is 10.3. The van der Waals surface area contributed by atoms with Crippen LogP contribution < -0.4 is 5.32 Å². The highest BCUT2D eigenvalue weighted by molar-refractivity contribution is 6.50. The number of nitrogens with zero attached hydrogens (tertiary/aromatic N) is 3. The van der Waals surface area contributed by atoms with Crippen molar-refractivity contribution < 1.29 is 9.59 Å². The normalized spacial score (nSPS) is 14.4. The van der Waals surface area contributed by atoms with Gasteiger partial charge in [-0.2, -0.15) is 5.10 Å². The minimum absolute atomic E-state index is 0.331. The summed E-state index contributed by atoms with van der Waals surface area (Å²) in [6, 6.07) is 15.6. The van der Waals surface area contributed by atoms with E-state index < -0.39 is 11.8 Å². The Labute approximate surface area is 179 Å². The van der Waals surface area contributed by atoms with Gasteiger partial charge < -0.3 is 9.88 Å². The summed E-state index contributed by atoms with van der Waals surface area (Å²) >= 11 is 0. The number of fused-ring (bicyclic) bond motifs is 2. The topological polar surface area (TPSA) is 83.0 Å². The molecule has 2 N–H and O–H groups in total. The van der Waals surface area contributed by atoms with Crippen molar-refractivity contribution >= 4 is 44.8 Å². The number of aromatic nitrogens is 3. The van der Waals surface area contributed by atoms with Crippen molar-refractivity contribution in [3.05, 3.63) is 66.0 Å². The standard InChI is InChI=1S/C24H23N5O2/c1-28(2)12-7-13-29-19-11-6-4-9-16(19)22(27-29)21-20(23(30)26-24(21)31)17-14-25-18-10-5-3-8-15(17)18/h3-6,8-11,14,25H,7,12-13H2,1-2H3,(H,26,30,31). The minimum atomic E-state index is -0.408. The minimum Gasteiger partial charge on any atom is -0.361 e. The molecule has 7 heteroatoms. The zero-order valence-electron chi connectivity index (χ0n) is 17.5. The molecule has 4 aromatic rings. The van der Waals surface area contributed by atoms with Gasteiger partial charge in [-0.1, -0.05) is 36.4 Å². The van der Waals surface area contributed by atoms with Crippen molar-refractivity contribution in [2.75, 3.05) is 20.6 Å². The number of amides is 2. The van der Waals surface area contributed by atoms with E-state index in [1.807, 2.05) is 67.3 Å². The van der Waals surface area contributed by atoms with Gasteiger partial charge in [0.15, 0.2) is 0 Å². The van der Waals surface area contributed by atoms with Crippen molar-refractivity contribution in [3.63, 3.8) is 0 Å². The zero-order valence-corrected chi connectivity index (χ0v) is 17.5. The first-order valence-electron chi connectivity index (χ1n) is 10.3. The Hall–Kier alpha value is -3.71. The Kier molecular flexibility index (Phi) is 4.67. The highest BCUT2D eigenvalue weighted by Crippen LogP contribution is 2.37. The van der Waals surface area contributed by atoms with Crippen LogP contribution in [0.1, 0.15) is 17.7 Å². The van der Waals surface area contributed by atoms with E-state index in [9.17, 15) is 9.59 Å². The predicted molar refractivity (Wildman–Crippen MR) is 121 cm³/mol. The number of carbonyl (C=O) groups is 2. The molecule has 0 saturated heterocycles. The molecule has 3 heterocycles. The van der Waals surface area contributed by atoms with E-state index in [1.54, 1.807) is 6.20 Å². The second kappa shape index (κ2) is 7.52. The van der Waals surface area contributed by atoms with Gasteiger partial charge in [0, 0.05) is 34.6 Å². The van der Waals surface area contributed by atoms with Gasteiger partial charge >= 0.3 is 0 Å². The van der Waals surface area contributed by atoms with Crippen LogP contribution in [-0.4, -0.2) is 52.1 Å². The van der Waals surface area contributed by atoms with Crippen LogP contribution in [0.4, 0.5) is 0 Å². The average Bonchev–Trinajstić information content (AvgIpc) is 3.41. The number of hydrogen-bond acceptors (Lipinski definition) is 4. The van der Waals surface area contributed by atoms with Crippen LogP contribution in [0.3, 0.4) is 0 Å². The smallest absolute Gasteiger partial charge is 0.261 e. The van der Waals surface area contributed by atoms with E-state index in [0.29, 0.717) is 22.4 Å². The van der Waals surface area contributed by atoms with Gasteiger partial charge in [-0.15, -0.1) is 0 Å². The van der Waals surface area contributed by atoms with Crippen LogP contribution >= 0.6 is 0 Å². The van der Waals surface area contributed by atoms with Crippen molar-refractivity contribution in [2.24, 2.45) is 0 Å². The molecule has 7 nitrogen and oxygen atoms in total. The first-order chi connectivity index (χ1) is 15.0. The van der Waals surface area contributed by atoms with Gasteiger partial charge in [0.1, 0.15) is 5.69 Å². The Morgan fingerprint density at radius 1 is 0.935 bits per heavy atom. The summed E-state index contributed by atoms with van der Waals surface area (Å²) in [5.41, 5.74) is 3.82. The van der Waals surface area contributed by atoms with E-state index in [0.717, 1.165) is 41.3 Å². The molecule has 1 aliphatic heterocycles. The number of rotatable bonds is 6. The molecule has 2 amide bonds. The summed E-state index contributed by atoms with van der Waals surface area (Å²) in [6.07, 6.45) is 2.71. The number of para-hydroxylation sites is 2. The predicted octanol–water partition coefficient (Wildman–Crippen LogP) is 3.04. The van der Waals surface area contributed by atoms with Crippen molar-refractivity contribution in [1.29, 1.82) is 0 Å². The number of hydrogen-bond donors (Lipinski definition) is 2. The molecule has 5 rings (SSSR count). The molecule has 0 radical (unpaired) electrons. The molecule has 0 atom stereocenters. The van der Waals surface area contributed by atoms with Gasteiger partial charge in [0.05, 0.1) is 16.7 Å². The first kappa shape index (κ1) is 19.3. The maximum Gasteiger partial charge on any atom is 0.261 e. The largest absolute Gasteiger partial charge is 0.361 e. The van der Waals surface area contributed by atoms with Gasteiger partial charge in [0.25, 0.3) is 11.8 Å². The second-order valence-electron chi connectivity index (χ2n) is 8.03. The Morgan fingerprint density at radius 3 is 2.45 bits per heavy atom. The third-order valence-corrected chi connectivity index (χ3v) is 5.66. The van der Waals surface area contributed by atoms with E-state index in [1.165, 1.54) is 0 Å². The van der Waals surface area contributed by atoms with Crippen LogP contribution in [0, 0.1) is 0 Å². The maximum absolute atomic E-state index is 12.9. The molecule has 0 saturated carbocycles. The molecule has 1 aliphatic rings. The zero-order chi connectivity index (χ0) is 21.5. The summed E-state index contributed by atoms with van der Waals surface area (Å²) in [5, 5.41) is 9.05. The fraction of sp³-hybridized carbons (Fsp3) is 0.208. The Bertz CT molecular complexity index is 1360. The van der Waals surface area contributed by atoms with Gasteiger partial charge in [-0.05, 0) is 39.2 Å². The third-order valence-electron chi connectivity index (χ3n) is 5.66. The number of carbonyl (C=O) groups excluding carboxylic acids is 2. The summed E-state index contributed by atoms with van der Waals surface area (Å²) in [4.78, 5) is 31.1. The monoisotopic (exact) mass is 413 g/mol. The Morgan fingerprint density at radius 2 is 1.65 bits per heavy atom. The highest BCUT2D eigenvalue weighted by atomic mass is 16.2. The fourth-order valence-electron chi connectivity index (χ4n) is 4.24. The Balaban J connectivity index is 1.70. The van der Waals surface area contributed by atoms with Crippen LogP contribution in [0.25, 0.3) is 33.0 Å². The van der Waals surface area contributed by atoms with Crippen molar-refractivity contribution in [1.82, 2.24) is 25.0 Å². The fourth-order valence-corrected chi connectivity index (χ4v) is 4.24. The molecule has 0 unspecified atom stereocenters. The quantitative estimate of drug-likeness (QED) is 0.476. The van der Waals surface area contributed by atoms with Gasteiger partial charge in [-0.3, -0.25) is 19.6 Å². The van der Waals surface area contributed by atoms with Crippen LogP contribution in [0.2, 0.25) is 0 Å². The van der Waals surface area contributed by atoms with Crippen LogP contribution in [0.5, 0.6) is 0 Å². The molecule has 0 spiro atoms. The van der Waals surface area contributed by atoms with E-state index in [4.69, 9.17) is 5.10 Å². The molecule has 0 aliphatic carbocycles. The molecule has 0 bridgehead atoms. The lowest BCUT2D eigenvalue weighted by molar-refractivity contribution is -0.122. The number of aryl methyl sites for hydroxylation is 1. The third kappa shape index (κ3) is 3.23. The lowest BCUT2D eigenvalue weighted by Crippen LogP contribution is -2.22. The van der Waals surface area contributed by atoms with E-state index in [2.05, 4.69) is 15.2 Å².